The van der Waals surface area contributed by atoms with Gasteiger partial charge < -0.3 is 10.6 Å². The Morgan fingerprint density at radius 3 is 2.84 bits per heavy atom. The van der Waals surface area contributed by atoms with Gasteiger partial charge in [0.25, 0.3) is 0 Å². The molecule has 1 saturated carbocycles. The summed E-state index contributed by atoms with van der Waals surface area (Å²) in [5.74, 6) is 0.414. The molecule has 0 aromatic heterocycles. The van der Waals surface area contributed by atoms with Crippen LogP contribution in [0.1, 0.15) is 51.1 Å². The van der Waals surface area contributed by atoms with Gasteiger partial charge in [0.1, 0.15) is 0 Å². The monoisotopic (exact) mass is 260 g/mol. The number of amides is 1. The molecule has 19 heavy (non-hydrogen) atoms. The summed E-state index contributed by atoms with van der Waals surface area (Å²) in [6.07, 6.45) is 4.40. The predicted octanol–water partition coefficient (Wildman–Crippen LogP) is 3.49. The van der Waals surface area contributed by atoms with E-state index < -0.39 is 0 Å². The van der Waals surface area contributed by atoms with Gasteiger partial charge in [-0.05, 0) is 50.4 Å². The minimum atomic E-state index is 0.178. The summed E-state index contributed by atoms with van der Waals surface area (Å²) in [7, 11) is 0. The molecular weight excluding hydrogens is 236 g/mol. The molecular formula is C16H24N2O. The number of hydrogen-bond donors (Lipinski definition) is 2. The van der Waals surface area contributed by atoms with E-state index >= 15 is 0 Å². The molecule has 0 aliphatic heterocycles. The molecule has 0 radical (unpaired) electrons. The van der Waals surface area contributed by atoms with E-state index in [1.807, 2.05) is 12.1 Å². The number of carbonyl (C=O) groups excluding carboxylic acids is 1. The van der Waals surface area contributed by atoms with Crippen molar-refractivity contribution < 1.29 is 4.79 Å². The van der Waals surface area contributed by atoms with Crippen LogP contribution in [0.15, 0.2) is 24.3 Å². The van der Waals surface area contributed by atoms with E-state index in [4.69, 9.17) is 0 Å². The van der Waals surface area contributed by atoms with Crippen LogP contribution in [0, 0.1) is 5.92 Å². The van der Waals surface area contributed by atoms with Crippen LogP contribution in [0.25, 0.3) is 0 Å². The van der Waals surface area contributed by atoms with Crippen molar-refractivity contribution in [3.63, 3.8) is 0 Å². The normalized spacial score (nSPS) is 16.7. The second-order valence-corrected chi connectivity index (χ2v) is 5.42. The third-order valence-electron chi connectivity index (χ3n) is 3.83. The third-order valence-corrected chi connectivity index (χ3v) is 3.83. The van der Waals surface area contributed by atoms with Gasteiger partial charge in [0, 0.05) is 17.6 Å². The van der Waals surface area contributed by atoms with Gasteiger partial charge in [-0.25, -0.2) is 0 Å². The highest BCUT2D eigenvalue weighted by molar-refractivity contribution is 5.93. The molecule has 1 atom stereocenters. The molecule has 0 spiro atoms. The van der Waals surface area contributed by atoms with E-state index in [1.54, 1.807) is 0 Å². The lowest BCUT2D eigenvalue weighted by atomic mass is 9.85. The Labute approximate surface area is 115 Å². The number of rotatable bonds is 6. The van der Waals surface area contributed by atoms with Crippen molar-refractivity contribution >= 4 is 11.6 Å². The van der Waals surface area contributed by atoms with Gasteiger partial charge in [0.15, 0.2) is 0 Å². The first kappa shape index (κ1) is 14.1. The molecule has 1 aliphatic rings. The van der Waals surface area contributed by atoms with Crippen LogP contribution in [0.4, 0.5) is 5.69 Å². The van der Waals surface area contributed by atoms with Crippen LogP contribution in [0.3, 0.4) is 0 Å². The molecule has 3 nitrogen and oxygen atoms in total. The van der Waals surface area contributed by atoms with Crippen LogP contribution in [-0.4, -0.2) is 12.5 Å². The topological polar surface area (TPSA) is 41.1 Å². The fourth-order valence-corrected chi connectivity index (χ4v) is 2.28. The summed E-state index contributed by atoms with van der Waals surface area (Å²) in [6.45, 7) is 5.33. The van der Waals surface area contributed by atoms with Crippen LogP contribution in [-0.2, 0) is 4.79 Å². The molecule has 0 saturated heterocycles. The second kappa shape index (κ2) is 6.71. The Kier molecular flexibility index (Phi) is 4.97. The summed E-state index contributed by atoms with van der Waals surface area (Å²) in [4.78, 5) is 11.9. The lowest BCUT2D eigenvalue weighted by Crippen LogP contribution is -2.28. The van der Waals surface area contributed by atoms with Crippen LogP contribution in [0.5, 0.6) is 0 Å². The van der Waals surface area contributed by atoms with E-state index in [-0.39, 0.29) is 11.8 Å². The molecule has 1 aliphatic carbocycles. The minimum absolute atomic E-state index is 0.178. The SMILES string of the molecule is CCCNC(C)c1cccc(NC(=O)C2CCC2)c1. The molecule has 104 valence electrons. The van der Waals surface area contributed by atoms with Gasteiger partial charge in [-0.3, -0.25) is 4.79 Å². The molecule has 1 fully saturated rings. The van der Waals surface area contributed by atoms with Gasteiger partial charge in [-0.15, -0.1) is 0 Å². The average Bonchev–Trinajstić information content (AvgIpc) is 2.34. The Morgan fingerprint density at radius 1 is 1.42 bits per heavy atom. The highest BCUT2D eigenvalue weighted by atomic mass is 16.1. The molecule has 0 bridgehead atoms. The molecule has 2 rings (SSSR count). The van der Waals surface area contributed by atoms with Gasteiger partial charge in [0.2, 0.25) is 5.91 Å². The van der Waals surface area contributed by atoms with E-state index in [2.05, 4.69) is 36.6 Å². The number of nitrogens with one attached hydrogen (secondary N) is 2. The maximum Gasteiger partial charge on any atom is 0.227 e. The van der Waals surface area contributed by atoms with Gasteiger partial charge in [0.05, 0.1) is 0 Å². The number of hydrogen-bond acceptors (Lipinski definition) is 2. The molecule has 1 amide bonds. The molecule has 1 aromatic carbocycles. The quantitative estimate of drug-likeness (QED) is 0.822. The molecule has 0 heterocycles. The van der Waals surface area contributed by atoms with Crippen molar-refractivity contribution in [2.75, 3.05) is 11.9 Å². The van der Waals surface area contributed by atoms with Crippen molar-refractivity contribution in [1.29, 1.82) is 0 Å². The van der Waals surface area contributed by atoms with E-state index in [0.717, 1.165) is 31.5 Å². The third kappa shape index (κ3) is 3.80. The Bertz CT molecular complexity index is 427. The Balaban J connectivity index is 1.95. The van der Waals surface area contributed by atoms with Crippen molar-refractivity contribution in [1.82, 2.24) is 5.32 Å². The number of carbonyl (C=O) groups is 1. The summed E-state index contributed by atoms with van der Waals surface area (Å²) in [5, 5.41) is 6.49. The summed E-state index contributed by atoms with van der Waals surface area (Å²) < 4.78 is 0. The van der Waals surface area contributed by atoms with Gasteiger partial charge >= 0.3 is 0 Å². The van der Waals surface area contributed by atoms with Crippen molar-refractivity contribution in [2.45, 2.75) is 45.6 Å². The van der Waals surface area contributed by atoms with Crippen LogP contribution >= 0.6 is 0 Å². The zero-order valence-corrected chi connectivity index (χ0v) is 11.9. The summed E-state index contributed by atoms with van der Waals surface area (Å²) in [5.41, 5.74) is 2.14. The first-order valence-electron chi connectivity index (χ1n) is 7.35. The molecule has 3 heteroatoms. The number of benzene rings is 1. The first-order chi connectivity index (χ1) is 9.20. The fraction of sp³-hybridized carbons (Fsp3) is 0.562. The van der Waals surface area contributed by atoms with Gasteiger partial charge in [-0.1, -0.05) is 25.5 Å². The highest BCUT2D eigenvalue weighted by Crippen LogP contribution is 2.28. The molecule has 1 aromatic rings. The molecule has 1 unspecified atom stereocenters. The zero-order valence-electron chi connectivity index (χ0n) is 11.9. The Hall–Kier alpha value is -1.35. The summed E-state index contributed by atoms with van der Waals surface area (Å²) in [6, 6.07) is 8.47. The predicted molar refractivity (Wildman–Crippen MR) is 79.1 cm³/mol. The maximum absolute atomic E-state index is 11.9. The maximum atomic E-state index is 11.9. The minimum Gasteiger partial charge on any atom is -0.326 e. The fourth-order valence-electron chi connectivity index (χ4n) is 2.28. The van der Waals surface area contributed by atoms with E-state index in [1.165, 1.54) is 12.0 Å². The van der Waals surface area contributed by atoms with Crippen molar-refractivity contribution in [2.24, 2.45) is 5.92 Å². The van der Waals surface area contributed by atoms with Crippen LogP contribution < -0.4 is 10.6 Å². The summed E-state index contributed by atoms with van der Waals surface area (Å²) >= 11 is 0. The van der Waals surface area contributed by atoms with E-state index in [9.17, 15) is 4.79 Å². The van der Waals surface area contributed by atoms with Gasteiger partial charge in [-0.2, -0.15) is 0 Å². The Morgan fingerprint density at radius 2 is 2.21 bits per heavy atom. The van der Waals surface area contributed by atoms with Crippen molar-refractivity contribution in [3.8, 4) is 0 Å². The standard InChI is InChI=1S/C16H24N2O/c1-3-10-17-12(2)14-8-5-9-15(11-14)18-16(19)13-6-4-7-13/h5,8-9,11-13,17H,3-4,6-7,10H2,1-2H3,(H,18,19). The first-order valence-corrected chi connectivity index (χ1v) is 7.35. The lowest BCUT2D eigenvalue weighted by molar-refractivity contribution is -0.122. The second-order valence-electron chi connectivity index (χ2n) is 5.42. The van der Waals surface area contributed by atoms with Crippen molar-refractivity contribution in [3.05, 3.63) is 29.8 Å². The largest absolute Gasteiger partial charge is 0.326 e. The van der Waals surface area contributed by atoms with E-state index in [0.29, 0.717) is 6.04 Å². The number of anilines is 1. The zero-order chi connectivity index (χ0) is 13.7. The average molecular weight is 260 g/mol. The highest BCUT2D eigenvalue weighted by Gasteiger charge is 2.25. The molecule has 2 N–H and O–H groups in total. The van der Waals surface area contributed by atoms with Crippen LogP contribution in [0.2, 0.25) is 0 Å². The lowest BCUT2D eigenvalue weighted by Gasteiger charge is -2.24. The smallest absolute Gasteiger partial charge is 0.227 e.